The van der Waals surface area contributed by atoms with Crippen LogP contribution in [0.1, 0.15) is 16.5 Å². The number of carbonyl (C=O) groups is 1. The number of hydrogen-bond donors (Lipinski definition) is 1. The van der Waals surface area contributed by atoms with E-state index in [0.717, 1.165) is 5.56 Å². The summed E-state index contributed by atoms with van der Waals surface area (Å²) in [5.74, 6) is 1.17. The Morgan fingerprint density at radius 2 is 2.00 bits per heavy atom. The zero-order chi connectivity index (χ0) is 18.2. The summed E-state index contributed by atoms with van der Waals surface area (Å²) in [6.07, 6.45) is 3.29. The highest BCUT2D eigenvalue weighted by molar-refractivity contribution is 7.10. The van der Waals surface area contributed by atoms with Gasteiger partial charge in [-0.2, -0.15) is 0 Å². The highest BCUT2D eigenvalue weighted by Gasteiger charge is 2.15. The summed E-state index contributed by atoms with van der Waals surface area (Å²) >= 11 is 1.69. The van der Waals surface area contributed by atoms with Crippen LogP contribution >= 0.6 is 11.3 Å². The molecule has 1 aromatic heterocycles. The number of methoxy groups -OCH3 is 2. The van der Waals surface area contributed by atoms with Crippen molar-refractivity contribution >= 4 is 23.3 Å². The van der Waals surface area contributed by atoms with E-state index in [1.165, 1.54) is 11.0 Å². The maximum atomic E-state index is 12.1. The van der Waals surface area contributed by atoms with Crippen LogP contribution in [0.2, 0.25) is 0 Å². The Kier molecular flexibility index (Phi) is 7.03. The lowest BCUT2D eigenvalue weighted by molar-refractivity contribution is -0.116. The Morgan fingerprint density at radius 3 is 2.60 bits per heavy atom. The zero-order valence-electron chi connectivity index (χ0n) is 15.0. The number of carbonyl (C=O) groups excluding carboxylic acids is 1. The van der Waals surface area contributed by atoms with Gasteiger partial charge in [0.05, 0.1) is 20.3 Å². The summed E-state index contributed by atoms with van der Waals surface area (Å²) in [6.45, 7) is 0.558. The van der Waals surface area contributed by atoms with E-state index in [1.54, 1.807) is 31.6 Å². The molecule has 1 unspecified atom stereocenters. The molecule has 2 rings (SSSR count). The molecular weight excluding hydrogens is 336 g/mol. The molecule has 5 nitrogen and oxygen atoms in total. The molecule has 134 valence electrons. The molecule has 0 aliphatic heterocycles. The van der Waals surface area contributed by atoms with Crippen molar-refractivity contribution in [2.24, 2.45) is 0 Å². The first-order valence-electron chi connectivity index (χ1n) is 7.93. The molecule has 0 radical (unpaired) electrons. The van der Waals surface area contributed by atoms with E-state index in [1.807, 2.05) is 43.7 Å². The van der Waals surface area contributed by atoms with Crippen LogP contribution in [0.5, 0.6) is 11.5 Å². The van der Waals surface area contributed by atoms with Gasteiger partial charge in [-0.25, -0.2) is 0 Å². The lowest BCUT2D eigenvalue weighted by Crippen LogP contribution is -2.33. The molecule has 0 saturated carbocycles. The fourth-order valence-corrected chi connectivity index (χ4v) is 3.33. The number of nitrogens with one attached hydrogen (secondary N) is 1. The Bertz CT molecular complexity index is 711. The van der Waals surface area contributed by atoms with Crippen molar-refractivity contribution in [2.75, 3.05) is 34.9 Å². The molecule has 1 heterocycles. The highest BCUT2D eigenvalue weighted by atomic mass is 32.1. The molecule has 0 bridgehead atoms. The van der Waals surface area contributed by atoms with E-state index in [0.29, 0.717) is 18.0 Å². The molecule has 0 aliphatic rings. The van der Waals surface area contributed by atoms with Gasteiger partial charge in [0.2, 0.25) is 5.91 Å². The predicted octanol–water partition coefficient (Wildman–Crippen LogP) is 3.20. The second-order valence-corrected chi connectivity index (χ2v) is 6.67. The van der Waals surface area contributed by atoms with E-state index in [-0.39, 0.29) is 11.9 Å². The van der Waals surface area contributed by atoms with Gasteiger partial charge < -0.3 is 19.7 Å². The van der Waals surface area contributed by atoms with E-state index in [2.05, 4.69) is 16.3 Å². The average molecular weight is 360 g/mol. The van der Waals surface area contributed by atoms with Gasteiger partial charge in [0.25, 0.3) is 0 Å². The van der Waals surface area contributed by atoms with Crippen molar-refractivity contribution < 1.29 is 14.3 Å². The van der Waals surface area contributed by atoms with Gasteiger partial charge in [-0.1, -0.05) is 12.1 Å². The maximum Gasteiger partial charge on any atom is 0.244 e. The molecule has 1 N–H and O–H groups in total. The molecular formula is C19H24N2O3S. The predicted molar refractivity (Wildman–Crippen MR) is 102 cm³/mol. The Morgan fingerprint density at radius 1 is 1.24 bits per heavy atom. The number of hydrogen-bond acceptors (Lipinski definition) is 5. The smallest absolute Gasteiger partial charge is 0.244 e. The van der Waals surface area contributed by atoms with Crippen LogP contribution < -0.4 is 14.8 Å². The molecule has 0 aliphatic carbocycles. The zero-order valence-corrected chi connectivity index (χ0v) is 15.8. The molecule has 1 atom stereocenters. The van der Waals surface area contributed by atoms with Crippen LogP contribution in [0, 0.1) is 0 Å². The Labute approximate surface area is 152 Å². The standard InChI is InChI=1S/C19H24N2O3S/c1-21(2)15(18-6-5-11-25-18)13-20-19(22)10-8-14-7-9-16(23-3)17(12-14)24-4/h5-12,15H,13H2,1-4H3,(H,20,22)/b10-8+. The molecule has 0 spiro atoms. The third-order valence-electron chi connectivity index (χ3n) is 3.80. The second kappa shape index (κ2) is 9.25. The summed E-state index contributed by atoms with van der Waals surface area (Å²) in [6, 6.07) is 9.79. The first kappa shape index (κ1) is 19.0. The van der Waals surface area contributed by atoms with Crippen LogP contribution in [0.4, 0.5) is 0 Å². The van der Waals surface area contributed by atoms with Gasteiger partial charge in [0, 0.05) is 17.5 Å². The SMILES string of the molecule is COc1ccc(/C=C/C(=O)NCC(c2cccs2)N(C)C)cc1OC. The first-order valence-corrected chi connectivity index (χ1v) is 8.81. The number of benzene rings is 1. The van der Waals surface area contributed by atoms with Crippen LogP contribution in [-0.4, -0.2) is 45.7 Å². The molecule has 1 aromatic carbocycles. The lowest BCUT2D eigenvalue weighted by atomic mass is 10.2. The maximum absolute atomic E-state index is 12.1. The van der Waals surface area contributed by atoms with Crippen LogP contribution in [0.15, 0.2) is 41.8 Å². The molecule has 0 fully saturated rings. The van der Waals surface area contributed by atoms with Gasteiger partial charge in [0.1, 0.15) is 0 Å². The van der Waals surface area contributed by atoms with Crippen molar-refractivity contribution in [1.82, 2.24) is 10.2 Å². The molecule has 0 saturated heterocycles. The lowest BCUT2D eigenvalue weighted by Gasteiger charge is -2.23. The van der Waals surface area contributed by atoms with Crippen LogP contribution in [-0.2, 0) is 4.79 Å². The minimum absolute atomic E-state index is 0.127. The fraction of sp³-hybridized carbons (Fsp3) is 0.316. The average Bonchev–Trinajstić information content (AvgIpc) is 3.13. The van der Waals surface area contributed by atoms with Crippen LogP contribution in [0.25, 0.3) is 6.08 Å². The topological polar surface area (TPSA) is 50.8 Å². The van der Waals surface area contributed by atoms with Crippen molar-refractivity contribution in [3.8, 4) is 11.5 Å². The molecule has 25 heavy (non-hydrogen) atoms. The summed E-state index contributed by atoms with van der Waals surface area (Å²) < 4.78 is 10.5. The largest absolute Gasteiger partial charge is 0.493 e. The monoisotopic (exact) mass is 360 g/mol. The number of amides is 1. The highest BCUT2D eigenvalue weighted by Crippen LogP contribution is 2.28. The number of likely N-dealkylation sites (N-methyl/N-ethyl adjacent to an activating group) is 1. The van der Waals surface area contributed by atoms with Crippen molar-refractivity contribution in [1.29, 1.82) is 0 Å². The summed E-state index contributed by atoms with van der Waals surface area (Å²) in [5, 5.41) is 5.00. The summed E-state index contributed by atoms with van der Waals surface area (Å²) in [7, 11) is 7.20. The molecule has 6 heteroatoms. The minimum Gasteiger partial charge on any atom is -0.493 e. The molecule has 2 aromatic rings. The van der Waals surface area contributed by atoms with Crippen molar-refractivity contribution in [2.45, 2.75) is 6.04 Å². The van der Waals surface area contributed by atoms with E-state index in [4.69, 9.17) is 9.47 Å². The van der Waals surface area contributed by atoms with E-state index >= 15 is 0 Å². The number of ether oxygens (including phenoxy) is 2. The van der Waals surface area contributed by atoms with Gasteiger partial charge in [-0.15, -0.1) is 11.3 Å². The fourth-order valence-electron chi connectivity index (χ4n) is 2.40. The number of rotatable bonds is 8. The minimum atomic E-state index is -0.127. The van der Waals surface area contributed by atoms with E-state index in [9.17, 15) is 4.79 Å². The third-order valence-corrected chi connectivity index (χ3v) is 4.77. The first-order chi connectivity index (χ1) is 12.0. The third kappa shape index (κ3) is 5.34. The normalized spacial score (nSPS) is 12.4. The molecule has 1 amide bonds. The van der Waals surface area contributed by atoms with E-state index < -0.39 is 0 Å². The van der Waals surface area contributed by atoms with Gasteiger partial charge in [0.15, 0.2) is 11.5 Å². The Balaban J connectivity index is 1.96. The number of thiophene rings is 1. The van der Waals surface area contributed by atoms with Crippen LogP contribution in [0.3, 0.4) is 0 Å². The Hall–Kier alpha value is -2.31. The quantitative estimate of drug-likeness (QED) is 0.735. The number of nitrogens with zero attached hydrogens (tertiary/aromatic N) is 1. The summed E-state index contributed by atoms with van der Waals surface area (Å²) in [5.41, 5.74) is 0.871. The van der Waals surface area contributed by atoms with Gasteiger partial charge in [-0.05, 0) is 49.3 Å². The second-order valence-electron chi connectivity index (χ2n) is 5.69. The van der Waals surface area contributed by atoms with Gasteiger partial charge in [-0.3, -0.25) is 4.79 Å². The van der Waals surface area contributed by atoms with Crippen molar-refractivity contribution in [3.05, 3.63) is 52.2 Å². The summed E-state index contributed by atoms with van der Waals surface area (Å²) in [4.78, 5) is 15.5. The van der Waals surface area contributed by atoms with Crippen molar-refractivity contribution in [3.63, 3.8) is 0 Å². The van der Waals surface area contributed by atoms with Gasteiger partial charge >= 0.3 is 0 Å².